The molecule has 3 heterocycles. The summed E-state index contributed by atoms with van der Waals surface area (Å²) in [4.78, 5) is 21.3. The number of benzene rings is 2. The first-order valence-electron chi connectivity index (χ1n) is 10.8. The Morgan fingerprint density at radius 1 is 1.12 bits per heavy atom. The number of piperazine rings is 1. The summed E-state index contributed by atoms with van der Waals surface area (Å²) in [6.07, 6.45) is 3.31. The van der Waals surface area contributed by atoms with Crippen LogP contribution in [0.1, 0.15) is 24.4 Å². The maximum Gasteiger partial charge on any atom is 0.246 e. The molecule has 3 aromatic rings. The van der Waals surface area contributed by atoms with Crippen LogP contribution in [0.5, 0.6) is 11.5 Å². The van der Waals surface area contributed by atoms with Crippen LogP contribution in [-0.2, 0) is 4.79 Å². The van der Waals surface area contributed by atoms with Crippen LogP contribution in [0.25, 0.3) is 17.5 Å². The van der Waals surface area contributed by atoms with Crippen molar-refractivity contribution in [3.8, 4) is 22.9 Å². The van der Waals surface area contributed by atoms with E-state index in [9.17, 15) is 4.79 Å². The van der Waals surface area contributed by atoms with Gasteiger partial charge in [-0.3, -0.25) is 9.69 Å². The van der Waals surface area contributed by atoms with Gasteiger partial charge < -0.3 is 18.9 Å². The number of ether oxygens (including phenoxy) is 2. The molecule has 0 spiro atoms. The molecule has 1 amide bonds. The highest BCUT2D eigenvalue weighted by atomic mass is 35.5. The van der Waals surface area contributed by atoms with Crippen molar-refractivity contribution in [1.29, 1.82) is 0 Å². The summed E-state index contributed by atoms with van der Waals surface area (Å²) in [5.74, 6) is 2.25. The lowest BCUT2D eigenvalue weighted by Gasteiger charge is -2.36. The second-order valence-corrected chi connectivity index (χ2v) is 8.34. The Morgan fingerprint density at radius 2 is 1.91 bits per heavy atom. The minimum atomic E-state index is -0.0414. The number of carbonyl (C=O) groups excluding carboxylic acids is 1. The fourth-order valence-corrected chi connectivity index (χ4v) is 4.23. The smallest absolute Gasteiger partial charge is 0.246 e. The van der Waals surface area contributed by atoms with Crippen LogP contribution >= 0.6 is 11.6 Å². The molecular weight excluding hydrogens is 444 g/mol. The molecule has 2 aromatic carbocycles. The summed E-state index contributed by atoms with van der Waals surface area (Å²) < 4.78 is 16.2. The maximum absolute atomic E-state index is 12.7. The van der Waals surface area contributed by atoms with Gasteiger partial charge in [0.15, 0.2) is 11.5 Å². The number of halogens is 1. The number of amides is 1. The molecule has 1 atom stereocenters. The highest BCUT2D eigenvalue weighted by Crippen LogP contribution is 2.40. The second kappa shape index (κ2) is 9.25. The number of hydrogen-bond acceptors (Lipinski definition) is 7. The number of fused-ring (bicyclic) bond motifs is 1. The molecule has 1 unspecified atom stereocenters. The molecule has 8 nitrogen and oxygen atoms in total. The topological polar surface area (TPSA) is 80.9 Å². The van der Waals surface area contributed by atoms with E-state index in [1.807, 2.05) is 48.2 Å². The largest absolute Gasteiger partial charge is 0.454 e. The Labute approximate surface area is 196 Å². The molecule has 170 valence electrons. The predicted molar refractivity (Wildman–Crippen MR) is 123 cm³/mol. The van der Waals surface area contributed by atoms with Gasteiger partial charge in [-0.2, -0.15) is 4.98 Å². The molecular formula is C24H23ClN4O4. The van der Waals surface area contributed by atoms with Gasteiger partial charge in [0.2, 0.25) is 24.4 Å². The standard InChI is InChI=1S/C24H23ClN4O4/c1-16(24-26-23(27-33-24)18-5-3-2-4-6-18)28-9-11-29(12-10-28)21(30)8-7-17-13-19(25)22-20(14-17)31-15-32-22/h2-8,13-14,16H,9-12,15H2,1H3. The Kier molecular flexibility index (Phi) is 6.02. The average molecular weight is 467 g/mol. The maximum atomic E-state index is 12.7. The monoisotopic (exact) mass is 466 g/mol. The zero-order valence-electron chi connectivity index (χ0n) is 18.1. The van der Waals surface area contributed by atoms with Crippen molar-refractivity contribution < 1.29 is 18.8 Å². The van der Waals surface area contributed by atoms with Gasteiger partial charge in [-0.15, -0.1) is 0 Å². The van der Waals surface area contributed by atoms with Crippen molar-refractivity contribution >= 4 is 23.6 Å². The van der Waals surface area contributed by atoms with Crippen LogP contribution in [0.4, 0.5) is 0 Å². The normalized spacial score (nSPS) is 17.0. The Balaban J connectivity index is 1.17. The fourth-order valence-electron chi connectivity index (χ4n) is 3.95. The molecule has 1 saturated heterocycles. The molecule has 0 N–H and O–H groups in total. The average Bonchev–Trinajstić information content (AvgIpc) is 3.53. The minimum Gasteiger partial charge on any atom is -0.454 e. The molecule has 0 saturated carbocycles. The predicted octanol–water partition coefficient (Wildman–Crippen LogP) is 4.04. The molecule has 9 heteroatoms. The first-order valence-corrected chi connectivity index (χ1v) is 11.2. The number of hydrogen-bond donors (Lipinski definition) is 0. The summed E-state index contributed by atoms with van der Waals surface area (Å²) in [7, 11) is 0. The first-order chi connectivity index (χ1) is 16.1. The Morgan fingerprint density at radius 3 is 2.70 bits per heavy atom. The van der Waals surface area contributed by atoms with E-state index in [4.69, 9.17) is 25.6 Å². The van der Waals surface area contributed by atoms with Crippen LogP contribution in [0.3, 0.4) is 0 Å². The quantitative estimate of drug-likeness (QED) is 0.525. The third-order valence-electron chi connectivity index (χ3n) is 5.87. The van der Waals surface area contributed by atoms with Gasteiger partial charge in [-0.05, 0) is 30.7 Å². The van der Waals surface area contributed by atoms with E-state index < -0.39 is 0 Å². The summed E-state index contributed by atoms with van der Waals surface area (Å²) in [6.45, 7) is 4.88. The molecule has 1 aromatic heterocycles. The highest BCUT2D eigenvalue weighted by Gasteiger charge is 2.27. The Hall–Kier alpha value is -3.36. The Bertz CT molecular complexity index is 1170. The second-order valence-electron chi connectivity index (χ2n) is 7.93. The summed E-state index contributed by atoms with van der Waals surface area (Å²) in [6, 6.07) is 13.3. The molecule has 1 fully saturated rings. The molecule has 0 aliphatic carbocycles. The van der Waals surface area contributed by atoms with Gasteiger partial charge in [0.25, 0.3) is 0 Å². The van der Waals surface area contributed by atoms with Crippen LogP contribution in [0.2, 0.25) is 5.02 Å². The van der Waals surface area contributed by atoms with Gasteiger partial charge >= 0.3 is 0 Å². The van der Waals surface area contributed by atoms with Crippen molar-refractivity contribution in [2.75, 3.05) is 33.0 Å². The minimum absolute atomic E-state index is 0.0291. The molecule has 2 aliphatic rings. The van der Waals surface area contributed by atoms with E-state index in [0.29, 0.717) is 41.3 Å². The first kappa shape index (κ1) is 21.5. The van der Waals surface area contributed by atoms with Gasteiger partial charge in [0.05, 0.1) is 11.1 Å². The van der Waals surface area contributed by atoms with E-state index in [-0.39, 0.29) is 18.7 Å². The number of aromatic nitrogens is 2. The van der Waals surface area contributed by atoms with Crippen LogP contribution in [0.15, 0.2) is 53.1 Å². The van der Waals surface area contributed by atoms with Gasteiger partial charge in [0, 0.05) is 37.8 Å². The zero-order valence-corrected chi connectivity index (χ0v) is 18.9. The fraction of sp³-hybridized carbons (Fsp3) is 0.292. The molecule has 33 heavy (non-hydrogen) atoms. The highest BCUT2D eigenvalue weighted by molar-refractivity contribution is 6.32. The SMILES string of the molecule is CC(c1nc(-c2ccccc2)no1)N1CCN(C(=O)C=Cc2cc(Cl)c3c(c2)OCO3)CC1. The third-order valence-corrected chi connectivity index (χ3v) is 6.15. The molecule has 0 radical (unpaired) electrons. The van der Waals surface area contributed by atoms with Crippen molar-refractivity contribution in [2.24, 2.45) is 0 Å². The van der Waals surface area contributed by atoms with Crippen LogP contribution in [0, 0.1) is 0 Å². The molecule has 5 rings (SSSR count). The number of carbonyl (C=O) groups is 1. The summed E-state index contributed by atoms with van der Waals surface area (Å²) >= 11 is 6.21. The van der Waals surface area contributed by atoms with E-state index >= 15 is 0 Å². The van der Waals surface area contributed by atoms with Crippen molar-refractivity contribution in [3.63, 3.8) is 0 Å². The lowest BCUT2D eigenvalue weighted by Crippen LogP contribution is -2.48. The number of nitrogens with zero attached hydrogens (tertiary/aromatic N) is 4. The third kappa shape index (κ3) is 4.58. The van der Waals surface area contributed by atoms with Gasteiger partial charge in [-0.1, -0.05) is 47.1 Å². The van der Waals surface area contributed by atoms with Crippen LogP contribution < -0.4 is 9.47 Å². The van der Waals surface area contributed by atoms with Crippen molar-refractivity contribution in [2.45, 2.75) is 13.0 Å². The van der Waals surface area contributed by atoms with E-state index in [2.05, 4.69) is 15.0 Å². The van der Waals surface area contributed by atoms with Gasteiger partial charge in [0.1, 0.15) is 0 Å². The van der Waals surface area contributed by atoms with Gasteiger partial charge in [-0.25, -0.2) is 0 Å². The van der Waals surface area contributed by atoms with Crippen LogP contribution in [-0.4, -0.2) is 58.8 Å². The van der Waals surface area contributed by atoms with E-state index in [1.165, 1.54) is 0 Å². The lowest BCUT2D eigenvalue weighted by atomic mass is 10.1. The van der Waals surface area contributed by atoms with Crippen molar-refractivity contribution in [1.82, 2.24) is 19.9 Å². The summed E-state index contributed by atoms with van der Waals surface area (Å²) in [5, 5.41) is 4.58. The molecule has 0 bridgehead atoms. The zero-order chi connectivity index (χ0) is 22.8. The lowest BCUT2D eigenvalue weighted by molar-refractivity contribution is -0.128. The van der Waals surface area contributed by atoms with Crippen molar-refractivity contribution in [3.05, 3.63) is 65.0 Å². The molecule has 2 aliphatic heterocycles. The number of rotatable bonds is 5. The van der Waals surface area contributed by atoms with E-state index in [1.54, 1.807) is 18.2 Å². The summed E-state index contributed by atoms with van der Waals surface area (Å²) in [5.41, 5.74) is 1.71. The van der Waals surface area contributed by atoms with E-state index in [0.717, 1.165) is 24.2 Å².